The Balaban J connectivity index is 2.03. The first-order valence-electron chi connectivity index (χ1n) is 10.9. The van der Waals surface area contributed by atoms with Gasteiger partial charge in [-0.25, -0.2) is 0 Å². The molecule has 0 aromatic heterocycles. The lowest BCUT2D eigenvalue weighted by molar-refractivity contribution is -0.139. The summed E-state index contributed by atoms with van der Waals surface area (Å²) in [5.41, 5.74) is 1.98. The predicted octanol–water partition coefficient (Wildman–Crippen LogP) is 6.13. The number of allylic oxidation sites excluding steroid dienone is 1. The first-order chi connectivity index (χ1) is 16.1. The molecule has 1 N–H and O–H groups in total. The molecule has 176 valence electrons. The third-order valence-corrected chi connectivity index (χ3v) is 5.95. The van der Waals surface area contributed by atoms with E-state index in [0.717, 1.165) is 17.7 Å². The van der Waals surface area contributed by atoms with Crippen molar-refractivity contribution in [2.24, 2.45) is 5.92 Å². The number of carboxylic acids is 1. The number of rotatable bonds is 5. The summed E-state index contributed by atoms with van der Waals surface area (Å²) < 4.78 is 39.3. The Labute approximate surface area is 197 Å². The molecule has 0 unspecified atom stereocenters. The number of aliphatic carboxylic acids is 1. The van der Waals surface area contributed by atoms with Crippen LogP contribution >= 0.6 is 0 Å². The van der Waals surface area contributed by atoms with Crippen molar-refractivity contribution in [3.05, 3.63) is 82.9 Å². The van der Waals surface area contributed by atoms with Crippen LogP contribution in [0.1, 0.15) is 60.5 Å². The van der Waals surface area contributed by atoms with E-state index in [9.17, 15) is 23.1 Å². The molecule has 3 rings (SSSR count). The quantitative estimate of drug-likeness (QED) is 0.539. The molecule has 2 aromatic carbocycles. The van der Waals surface area contributed by atoms with Gasteiger partial charge in [0.1, 0.15) is 0 Å². The average molecular weight is 467 g/mol. The average Bonchev–Trinajstić information content (AvgIpc) is 2.79. The molecule has 0 radical (unpaired) electrons. The predicted molar refractivity (Wildman–Crippen MR) is 122 cm³/mol. The first-order valence-corrected chi connectivity index (χ1v) is 10.9. The monoisotopic (exact) mass is 466 g/mol. The van der Waals surface area contributed by atoms with Crippen molar-refractivity contribution in [2.45, 2.75) is 44.4 Å². The van der Waals surface area contributed by atoms with Gasteiger partial charge in [-0.3, -0.25) is 9.69 Å². The zero-order valence-corrected chi connectivity index (χ0v) is 18.8. The maximum absolute atomic E-state index is 13.1. The number of carboxylic acid groups (broad SMARTS) is 1. The first kappa shape index (κ1) is 25.1. The largest absolute Gasteiger partial charge is 0.481 e. The van der Waals surface area contributed by atoms with Crippen LogP contribution in [0.4, 0.5) is 13.2 Å². The molecule has 0 spiro atoms. The number of carbonyl (C=O) groups is 1. The van der Waals surface area contributed by atoms with Crippen LogP contribution in [0.15, 0.2) is 60.7 Å². The fraction of sp³-hybridized carbons (Fsp3) is 0.333. The van der Waals surface area contributed by atoms with E-state index in [4.69, 9.17) is 5.26 Å². The lowest BCUT2D eigenvalue weighted by Crippen LogP contribution is -2.39. The lowest BCUT2D eigenvalue weighted by Gasteiger charge is -2.42. The maximum atomic E-state index is 13.1. The molecule has 1 aliphatic rings. The second-order valence-corrected chi connectivity index (χ2v) is 8.55. The second-order valence-electron chi connectivity index (χ2n) is 8.55. The van der Waals surface area contributed by atoms with Crippen LogP contribution in [-0.4, -0.2) is 22.5 Å². The lowest BCUT2D eigenvalue weighted by atomic mass is 9.83. The summed E-state index contributed by atoms with van der Waals surface area (Å²) in [5, 5.41) is 18.4. The Morgan fingerprint density at radius 2 is 1.85 bits per heavy atom. The zero-order valence-electron chi connectivity index (χ0n) is 18.8. The van der Waals surface area contributed by atoms with Crippen molar-refractivity contribution in [1.82, 2.24) is 4.90 Å². The molecule has 0 amide bonds. The number of hydrogen-bond donors (Lipinski definition) is 1. The Hall–Kier alpha value is -3.55. The van der Waals surface area contributed by atoms with E-state index in [2.05, 4.69) is 29.4 Å². The number of hydrogen-bond acceptors (Lipinski definition) is 3. The van der Waals surface area contributed by atoms with Gasteiger partial charge in [0.05, 0.1) is 23.2 Å². The molecule has 1 aliphatic heterocycles. The minimum atomic E-state index is -4.44. The Kier molecular flexibility index (Phi) is 7.81. The highest BCUT2D eigenvalue weighted by Gasteiger charge is 2.36. The number of nitriles is 1. The molecule has 2 aromatic rings. The summed E-state index contributed by atoms with van der Waals surface area (Å²) in [7, 11) is 0. The summed E-state index contributed by atoms with van der Waals surface area (Å²) in [5.74, 6) is 5.26. The van der Waals surface area contributed by atoms with Crippen LogP contribution in [0.5, 0.6) is 0 Å². The third kappa shape index (κ3) is 6.27. The van der Waals surface area contributed by atoms with Gasteiger partial charge in [-0.1, -0.05) is 42.7 Å². The smallest absolute Gasteiger partial charge is 0.416 e. The van der Waals surface area contributed by atoms with Crippen molar-refractivity contribution < 1.29 is 23.1 Å². The van der Waals surface area contributed by atoms with Crippen LogP contribution in [0.3, 0.4) is 0 Å². The van der Waals surface area contributed by atoms with Gasteiger partial charge >= 0.3 is 12.1 Å². The molecule has 1 heterocycles. The maximum Gasteiger partial charge on any atom is 0.416 e. The fourth-order valence-electron chi connectivity index (χ4n) is 4.31. The van der Waals surface area contributed by atoms with Gasteiger partial charge in [0.25, 0.3) is 0 Å². The fourth-order valence-corrected chi connectivity index (χ4v) is 4.31. The number of likely N-dealkylation sites (tertiary alicyclic amines) is 1. The Morgan fingerprint density at radius 3 is 2.38 bits per heavy atom. The summed E-state index contributed by atoms with van der Waals surface area (Å²) >= 11 is 0. The van der Waals surface area contributed by atoms with Crippen LogP contribution in [-0.2, 0) is 11.0 Å². The van der Waals surface area contributed by atoms with E-state index >= 15 is 0 Å². The molecular weight excluding hydrogens is 441 g/mol. The zero-order chi connectivity index (χ0) is 24.9. The number of piperidine rings is 1. The Morgan fingerprint density at radius 1 is 1.21 bits per heavy atom. The highest BCUT2D eigenvalue weighted by molar-refractivity contribution is 5.67. The third-order valence-electron chi connectivity index (χ3n) is 5.95. The van der Waals surface area contributed by atoms with E-state index in [1.54, 1.807) is 19.1 Å². The molecule has 4 nitrogen and oxygen atoms in total. The van der Waals surface area contributed by atoms with E-state index in [-0.39, 0.29) is 18.4 Å². The summed E-state index contributed by atoms with van der Waals surface area (Å²) in [6.45, 7) is 6.15. The van der Waals surface area contributed by atoms with Gasteiger partial charge in [0.2, 0.25) is 0 Å². The van der Waals surface area contributed by atoms with Crippen molar-refractivity contribution in [3.63, 3.8) is 0 Å². The van der Waals surface area contributed by atoms with Crippen LogP contribution in [0.2, 0.25) is 0 Å². The second kappa shape index (κ2) is 10.6. The van der Waals surface area contributed by atoms with Gasteiger partial charge in [0, 0.05) is 19.0 Å². The van der Waals surface area contributed by atoms with E-state index in [1.165, 1.54) is 12.1 Å². The SMILES string of the molecule is C=C(C)C#C[C@H](c1ccc(C#N)cc1)N1CC[C@@H](CC(=O)O)C[C@H]1c1ccc(C(F)(F)F)cc1. The van der Waals surface area contributed by atoms with Crippen LogP contribution in [0.25, 0.3) is 0 Å². The van der Waals surface area contributed by atoms with Gasteiger partial charge in [-0.2, -0.15) is 18.4 Å². The normalized spacial score (nSPS) is 19.4. The topological polar surface area (TPSA) is 64.3 Å². The minimum Gasteiger partial charge on any atom is -0.481 e. The van der Waals surface area contributed by atoms with Crippen molar-refractivity contribution in [3.8, 4) is 17.9 Å². The number of benzene rings is 2. The van der Waals surface area contributed by atoms with Gasteiger partial charge in [-0.05, 0) is 66.6 Å². The van der Waals surface area contributed by atoms with Crippen molar-refractivity contribution in [1.29, 1.82) is 5.26 Å². The minimum absolute atomic E-state index is 0.00392. The molecule has 0 bridgehead atoms. The van der Waals surface area contributed by atoms with Gasteiger partial charge < -0.3 is 5.11 Å². The van der Waals surface area contributed by atoms with Crippen molar-refractivity contribution >= 4 is 5.97 Å². The number of nitrogens with zero attached hydrogens (tertiary/aromatic N) is 2. The van der Waals surface area contributed by atoms with Crippen molar-refractivity contribution in [2.75, 3.05) is 6.54 Å². The molecule has 1 fully saturated rings. The van der Waals surface area contributed by atoms with Crippen LogP contribution in [0, 0.1) is 29.1 Å². The van der Waals surface area contributed by atoms with Gasteiger partial charge in [0.15, 0.2) is 0 Å². The highest BCUT2D eigenvalue weighted by atomic mass is 19.4. The van der Waals surface area contributed by atoms with E-state index in [0.29, 0.717) is 36.1 Å². The molecule has 1 saturated heterocycles. The standard InChI is InChI=1S/C27H25F3N2O2/c1-18(2)3-12-24(21-6-4-19(17-31)5-7-21)32-14-13-20(16-26(33)34)15-25(32)22-8-10-23(11-9-22)27(28,29)30/h4-11,20,24-25H,1,13-16H2,2H3,(H,33,34)/t20-,24-,25+/m1/s1. The highest BCUT2D eigenvalue weighted by Crippen LogP contribution is 2.41. The molecular formula is C27H25F3N2O2. The molecule has 34 heavy (non-hydrogen) atoms. The molecule has 0 aliphatic carbocycles. The molecule has 0 saturated carbocycles. The molecule has 3 atom stereocenters. The Bertz CT molecular complexity index is 1140. The number of halogens is 3. The summed E-state index contributed by atoms with van der Waals surface area (Å²) in [4.78, 5) is 13.5. The summed E-state index contributed by atoms with van der Waals surface area (Å²) in [6, 6.07) is 13.5. The van der Waals surface area contributed by atoms with E-state index in [1.807, 2.05) is 12.1 Å². The number of alkyl halides is 3. The van der Waals surface area contributed by atoms with Crippen LogP contribution < -0.4 is 0 Å². The van der Waals surface area contributed by atoms with Gasteiger partial charge in [-0.15, -0.1) is 0 Å². The van der Waals surface area contributed by atoms with E-state index < -0.39 is 23.8 Å². The molecule has 7 heteroatoms. The summed E-state index contributed by atoms with van der Waals surface area (Å²) in [6.07, 6.45) is -3.32.